The Bertz CT molecular complexity index is 623. The molecule has 0 saturated carbocycles. The number of rotatable bonds is 2. The minimum Gasteiger partial charge on any atom is -0.397 e. The number of nitrogens with two attached hydrogens (primary N) is 1. The number of aryl methyl sites for hydroxylation is 1. The molecule has 3 nitrogen and oxygen atoms in total. The molecule has 0 bridgehead atoms. The van der Waals surface area contributed by atoms with Crippen LogP contribution in [-0.2, 0) is 0 Å². The summed E-state index contributed by atoms with van der Waals surface area (Å²) in [7, 11) is 0. The fraction of sp³-hybridized carbons (Fsp3) is 0.0714. The number of carbonyl (C=O) groups is 1. The summed E-state index contributed by atoms with van der Waals surface area (Å²) in [5.41, 5.74) is 7.20. The maximum absolute atomic E-state index is 13.6. The fourth-order valence-electron chi connectivity index (χ4n) is 1.68. The predicted molar refractivity (Wildman–Crippen MR) is 77.6 cm³/mol. The molecule has 0 spiro atoms. The Labute approximate surface area is 118 Å². The van der Waals surface area contributed by atoms with Crippen molar-refractivity contribution >= 4 is 33.2 Å². The van der Waals surface area contributed by atoms with Crippen LogP contribution in [0.2, 0.25) is 0 Å². The van der Waals surface area contributed by atoms with Gasteiger partial charge < -0.3 is 11.1 Å². The minimum absolute atomic E-state index is 0.000839. The zero-order valence-corrected chi connectivity index (χ0v) is 11.8. The van der Waals surface area contributed by atoms with Gasteiger partial charge in [0.2, 0.25) is 0 Å². The molecule has 0 saturated heterocycles. The third kappa shape index (κ3) is 2.76. The number of hydrogen-bond donors (Lipinski definition) is 2. The second-order valence-electron chi connectivity index (χ2n) is 4.09. The van der Waals surface area contributed by atoms with Gasteiger partial charge in [0, 0.05) is 4.47 Å². The number of benzene rings is 2. The van der Waals surface area contributed by atoms with Gasteiger partial charge in [-0.3, -0.25) is 4.79 Å². The van der Waals surface area contributed by atoms with Crippen LogP contribution >= 0.6 is 15.9 Å². The molecule has 0 unspecified atom stereocenters. The van der Waals surface area contributed by atoms with Gasteiger partial charge in [-0.15, -0.1) is 0 Å². The predicted octanol–water partition coefficient (Wildman–Crippen LogP) is 3.73. The van der Waals surface area contributed by atoms with E-state index >= 15 is 0 Å². The van der Waals surface area contributed by atoms with Crippen LogP contribution in [0, 0.1) is 12.7 Å². The molecule has 0 aliphatic carbocycles. The Hall–Kier alpha value is -1.88. The van der Waals surface area contributed by atoms with Crippen LogP contribution in [-0.4, -0.2) is 5.91 Å². The molecule has 5 heteroatoms. The van der Waals surface area contributed by atoms with Crippen LogP contribution in [0.25, 0.3) is 0 Å². The number of nitrogen functional groups attached to an aromatic ring is 1. The Kier molecular flexibility index (Phi) is 3.85. The summed E-state index contributed by atoms with van der Waals surface area (Å²) in [6.07, 6.45) is 0. The third-order valence-corrected chi connectivity index (χ3v) is 3.77. The molecular weight excluding hydrogens is 311 g/mol. The van der Waals surface area contributed by atoms with Gasteiger partial charge in [0.05, 0.1) is 11.3 Å². The van der Waals surface area contributed by atoms with Gasteiger partial charge in [0.1, 0.15) is 11.5 Å². The molecule has 0 atom stereocenters. The van der Waals surface area contributed by atoms with Gasteiger partial charge in [0.25, 0.3) is 5.91 Å². The first-order chi connectivity index (χ1) is 9.00. The van der Waals surface area contributed by atoms with E-state index in [0.29, 0.717) is 10.0 Å². The number of amides is 1. The molecular formula is C14H12BrFN2O. The molecule has 98 valence electrons. The van der Waals surface area contributed by atoms with Crippen molar-refractivity contribution < 1.29 is 9.18 Å². The molecule has 0 aromatic heterocycles. The number of hydrogen-bond acceptors (Lipinski definition) is 2. The highest BCUT2D eigenvalue weighted by molar-refractivity contribution is 9.10. The van der Waals surface area contributed by atoms with Crippen molar-refractivity contribution in [3.63, 3.8) is 0 Å². The maximum atomic E-state index is 13.6. The van der Waals surface area contributed by atoms with Crippen molar-refractivity contribution in [3.05, 3.63) is 57.8 Å². The Balaban J connectivity index is 2.34. The molecule has 2 rings (SSSR count). The third-order valence-electron chi connectivity index (χ3n) is 2.72. The van der Waals surface area contributed by atoms with Crippen molar-refractivity contribution in [2.24, 2.45) is 0 Å². The van der Waals surface area contributed by atoms with Crippen molar-refractivity contribution in [1.29, 1.82) is 0 Å². The van der Waals surface area contributed by atoms with Crippen molar-refractivity contribution in [2.45, 2.75) is 6.92 Å². The van der Waals surface area contributed by atoms with Gasteiger partial charge >= 0.3 is 0 Å². The highest BCUT2D eigenvalue weighted by Crippen LogP contribution is 2.25. The van der Waals surface area contributed by atoms with E-state index in [1.807, 2.05) is 13.0 Å². The number of nitrogens with one attached hydrogen (secondary N) is 1. The zero-order chi connectivity index (χ0) is 14.0. The monoisotopic (exact) mass is 322 g/mol. The summed E-state index contributed by atoms with van der Waals surface area (Å²) in [4.78, 5) is 12.1. The van der Waals surface area contributed by atoms with Crippen molar-refractivity contribution in [3.8, 4) is 0 Å². The number of halogens is 2. The highest BCUT2D eigenvalue weighted by atomic mass is 79.9. The summed E-state index contributed by atoms with van der Waals surface area (Å²) in [6.45, 7) is 1.87. The number of anilines is 2. The average molecular weight is 323 g/mol. The van der Waals surface area contributed by atoms with E-state index in [2.05, 4.69) is 21.2 Å². The summed E-state index contributed by atoms with van der Waals surface area (Å²) in [6, 6.07) is 9.56. The van der Waals surface area contributed by atoms with Crippen LogP contribution < -0.4 is 11.1 Å². The number of para-hydroxylation sites is 1. The lowest BCUT2D eigenvalue weighted by Crippen LogP contribution is -2.15. The second kappa shape index (κ2) is 5.40. The molecule has 1 amide bonds. The van der Waals surface area contributed by atoms with E-state index in [1.165, 1.54) is 18.2 Å². The first kappa shape index (κ1) is 13.5. The van der Waals surface area contributed by atoms with Gasteiger partial charge in [-0.05, 0) is 46.6 Å². The standard InChI is InChI=1S/C14H12BrFN2O/c1-8-4-2-5-9(12(8)15)14(19)18-13-10(16)6-3-7-11(13)17/h2-7H,17H2,1H3,(H,18,19). The Morgan fingerprint density at radius 1 is 1.26 bits per heavy atom. The molecule has 0 radical (unpaired) electrons. The Morgan fingerprint density at radius 2 is 1.95 bits per heavy atom. The zero-order valence-electron chi connectivity index (χ0n) is 10.2. The van der Waals surface area contributed by atoms with E-state index in [-0.39, 0.29) is 11.4 Å². The fourth-order valence-corrected chi connectivity index (χ4v) is 2.12. The highest BCUT2D eigenvalue weighted by Gasteiger charge is 2.14. The lowest BCUT2D eigenvalue weighted by Gasteiger charge is -2.11. The van der Waals surface area contributed by atoms with Crippen molar-refractivity contribution in [2.75, 3.05) is 11.1 Å². The topological polar surface area (TPSA) is 55.1 Å². The maximum Gasteiger partial charge on any atom is 0.256 e. The van der Waals surface area contributed by atoms with Gasteiger partial charge in [-0.25, -0.2) is 4.39 Å². The quantitative estimate of drug-likeness (QED) is 0.828. The molecule has 0 heterocycles. The summed E-state index contributed by atoms with van der Waals surface area (Å²) < 4.78 is 14.3. The second-order valence-corrected chi connectivity index (χ2v) is 4.89. The first-order valence-electron chi connectivity index (χ1n) is 5.61. The Morgan fingerprint density at radius 3 is 2.63 bits per heavy atom. The van der Waals surface area contributed by atoms with Crippen LogP contribution in [0.5, 0.6) is 0 Å². The van der Waals surface area contributed by atoms with Crippen LogP contribution in [0.4, 0.5) is 15.8 Å². The normalized spacial score (nSPS) is 10.3. The lowest BCUT2D eigenvalue weighted by molar-refractivity contribution is 0.102. The lowest BCUT2D eigenvalue weighted by atomic mass is 10.1. The summed E-state index contributed by atoms with van der Waals surface area (Å²) in [5.74, 6) is -0.968. The summed E-state index contributed by atoms with van der Waals surface area (Å²) >= 11 is 3.35. The minimum atomic E-state index is -0.558. The molecule has 2 aromatic carbocycles. The smallest absolute Gasteiger partial charge is 0.256 e. The molecule has 0 aliphatic rings. The van der Waals surface area contributed by atoms with E-state index in [9.17, 15) is 9.18 Å². The van der Waals surface area contributed by atoms with Gasteiger partial charge in [0.15, 0.2) is 0 Å². The summed E-state index contributed by atoms with van der Waals surface area (Å²) in [5, 5.41) is 2.49. The van der Waals surface area contributed by atoms with Crippen LogP contribution in [0.3, 0.4) is 0 Å². The van der Waals surface area contributed by atoms with Gasteiger partial charge in [-0.1, -0.05) is 18.2 Å². The molecule has 3 N–H and O–H groups in total. The molecule has 0 fully saturated rings. The van der Waals surface area contributed by atoms with E-state index in [0.717, 1.165) is 5.56 Å². The van der Waals surface area contributed by atoms with E-state index in [4.69, 9.17) is 5.73 Å². The molecule has 19 heavy (non-hydrogen) atoms. The largest absolute Gasteiger partial charge is 0.397 e. The van der Waals surface area contributed by atoms with Crippen LogP contribution in [0.15, 0.2) is 40.9 Å². The van der Waals surface area contributed by atoms with Crippen molar-refractivity contribution in [1.82, 2.24) is 0 Å². The molecule has 0 aliphatic heterocycles. The van der Waals surface area contributed by atoms with E-state index < -0.39 is 11.7 Å². The number of carbonyl (C=O) groups excluding carboxylic acids is 1. The average Bonchev–Trinajstić information content (AvgIpc) is 2.37. The molecule has 2 aromatic rings. The SMILES string of the molecule is Cc1cccc(C(=O)Nc2c(N)cccc2F)c1Br. The van der Waals surface area contributed by atoms with E-state index in [1.54, 1.807) is 12.1 Å². The van der Waals surface area contributed by atoms with Crippen LogP contribution in [0.1, 0.15) is 15.9 Å². The van der Waals surface area contributed by atoms with Gasteiger partial charge in [-0.2, -0.15) is 0 Å². The first-order valence-corrected chi connectivity index (χ1v) is 6.40.